The predicted molar refractivity (Wildman–Crippen MR) is 96.1 cm³/mol. The third kappa shape index (κ3) is 4.06. The fourth-order valence-corrected chi connectivity index (χ4v) is 4.72. The monoisotopic (exact) mass is 420 g/mol. The van der Waals surface area contributed by atoms with E-state index < -0.39 is 46.3 Å². The molecule has 2 fully saturated rings. The summed E-state index contributed by atoms with van der Waals surface area (Å²) in [6.07, 6.45) is 8.01. The zero-order valence-electron chi connectivity index (χ0n) is 16.0. The van der Waals surface area contributed by atoms with Gasteiger partial charge in [0.05, 0.1) is 0 Å². The van der Waals surface area contributed by atoms with Crippen LogP contribution in [0.15, 0.2) is 0 Å². The zero-order valence-corrected chi connectivity index (χ0v) is 16.0. The van der Waals surface area contributed by atoms with E-state index in [9.17, 15) is 31.9 Å². The van der Waals surface area contributed by atoms with Crippen molar-refractivity contribution in [3.8, 4) is 0 Å². The molecular formula is C20H25F5N2O2. The number of hydrazine groups is 1. The number of rotatable bonds is 5. The van der Waals surface area contributed by atoms with Crippen molar-refractivity contribution in [2.45, 2.75) is 69.8 Å². The number of amides is 1. The average molecular weight is 420 g/mol. The molecule has 0 atom stereocenters. The molecule has 0 aromatic heterocycles. The topological polar surface area (TPSA) is 61.4 Å². The fourth-order valence-electron chi connectivity index (χ4n) is 4.72. The first-order valence-corrected chi connectivity index (χ1v) is 10.1. The van der Waals surface area contributed by atoms with Gasteiger partial charge in [0, 0.05) is 0 Å². The number of carbonyl (C=O) groups excluding carboxylic acids is 1. The lowest BCUT2D eigenvalue weighted by Crippen LogP contribution is -2.58. The summed E-state index contributed by atoms with van der Waals surface area (Å²) < 4.78 is 67.7. The summed E-state index contributed by atoms with van der Waals surface area (Å²) in [5, 5.41) is 11.5. The largest absolute Gasteiger partial charge is 0.379 e. The summed E-state index contributed by atoms with van der Waals surface area (Å²) in [7, 11) is 0. The third-order valence-electron chi connectivity index (χ3n) is 6.33. The van der Waals surface area contributed by atoms with E-state index in [2.05, 4.69) is 0 Å². The van der Waals surface area contributed by atoms with Crippen LogP contribution in [0.25, 0.3) is 0 Å². The van der Waals surface area contributed by atoms with Crippen LogP contribution in [0, 0.1) is 40.9 Å². The zero-order chi connectivity index (χ0) is 21.2. The van der Waals surface area contributed by atoms with Crippen LogP contribution in [0.5, 0.6) is 0 Å². The van der Waals surface area contributed by atoms with E-state index in [1.807, 2.05) is 10.9 Å². The van der Waals surface area contributed by atoms with Crippen molar-refractivity contribution in [2.24, 2.45) is 11.8 Å². The number of nitrogens with one attached hydrogen (secondary N) is 2. The Labute approximate surface area is 165 Å². The van der Waals surface area contributed by atoms with Crippen LogP contribution < -0.4 is 10.9 Å². The lowest BCUT2D eigenvalue weighted by Gasteiger charge is -2.44. The summed E-state index contributed by atoms with van der Waals surface area (Å²) >= 11 is 0. The molecule has 9 heteroatoms. The van der Waals surface area contributed by atoms with Crippen LogP contribution >= 0.6 is 0 Å². The second-order valence-corrected chi connectivity index (χ2v) is 8.02. The highest BCUT2D eigenvalue weighted by Gasteiger charge is 2.50. The molecule has 3 N–H and O–H groups in total. The van der Waals surface area contributed by atoms with Crippen molar-refractivity contribution in [3.05, 3.63) is 29.1 Å². The fraction of sp³-hybridized carbons (Fsp3) is 0.650. The molecule has 4 nitrogen and oxygen atoms in total. The Hall–Kier alpha value is -1.90. The van der Waals surface area contributed by atoms with Crippen LogP contribution in [-0.4, -0.2) is 16.6 Å². The van der Waals surface area contributed by atoms with Crippen molar-refractivity contribution in [1.29, 1.82) is 0 Å². The van der Waals surface area contributed by atoms with E-state index in [0.717, 1.165) is 38.5 Å². The normalized spacial score (nSPS) is 19.2. The lowest BCUT2D eigenvalue weighted by molar-refractivity contribution is -0.158. The van der Waals surface area contributed by atoms with E-state index in [0.29, 0.717) is 25.7 Å². The van der Waals surface area contributed by atoms with Gasteiger partial charge in [-0.2, -0.15) is 0 Å². The molecule has 2 aliphatic rings. The third-order valence-corrected chi connectivity index (χ3v) is 6.33. The Morgan fingerprint density at radius 2 is 1.10 bits per heavy atom. The molecule has 0 saturated heterocycles. The molecule has 1 aromatic carbocycles. The molecule has 162 valence electrons. The minimum atomic E-state index is -2.28. The maximum Gasteiger partial charge on any atom is 0.270 e. The Bertz CT molecular complexity index is 715. The molecular weight excluding hydrogens is 395 g/mol. The van der Waals surface area contributed by atoms with Gasteiger partial charge in [-0.25, -0.2) is 22.0 Å². The van der Waals surface area contributed by atoms with Gasteiger partial charge in [-0.15, -0.1) is 0 Å². The van der Waals surface area contributed by atoms with Gasteiger partial charge in [0.25, 0.3) is 5.91 Å². The van der Waals surface area contributed by atoms with Crippen LogP contribution in [-0.2, 0) is 4.79 Å². The first kappa shape index (κ1) is 21.8. The number of benzene rings is 1. The van der Waals surface area contributed by atoms with Crippen molar-refractivity contribution in [2.75, 3.05) is 5.43 Å². The average Bonchev–Trinajstić information content (AvgIpc) is 2.76. The molecule has 0 spiro atoms. The summed E-state index contributed by atoms with van der Waals surface area (Å²) in [5.74, 6) is -12.2. The maximum absolute atomic E-state index is 13.9. The molecule has 1 amide bonds. The van der Waals surface area contributed by atoms with Gasteiger partial charge < -0.3 is 5.11 Å². The van der Waals surface area contributed by atoms with E-state index in [4.69, 9.17) is 0 Å². The second kappa shape index (κ2) is 8.85. The molecule has 0 unspecified atom stereocenters. The van der Waals surface area contributed by atoms with Crippen molar-refractivity contribution < 1.29 is 31.9 Å². The Kier molecular flexibility index (Phi) is 6.65. The number of hydrogen-bond donors (Lipinski definition) is 3. The van der Waals surface area contributed by atoms with Crippen LogP contribution in [0.2, 0.25) is 0 Å². The highest BCUT2D eigenvalue weighted by atomic mass is 19.2. The van der Waals surface area contributed by atoms with Crippen LogP contribution in [0.4, 0.5) is 27.6 Å². The standard InChI is InChI=1S/C20H25F5N2O2/c21-13-14(22)16(24)18(17(25)15(13)23)26-27-19(28)20(29,11-7-3-1-4-8-11)12-9-5-2-6-10-12/h11-12,26,29H,1-10H2,(H,27,28). The molecule has 2 saturated carbocycles. The second-order valence-electron chi connectivity index (χ2n) is 8.02. The van der Waals surface area contributed by atoms with Gasteiger partial charge in [-0.1, -0.05) is 38.5 Å². The van der Waals surface area contributed by atoms with Crippen LogP contribution in [0.1, 0.15) is 64.2 Å². The Balaban J connectivity index is 1.84. The van der Waals surface area contributed by atoms with E-state index in [1.165, 1.54) is 0 Å². The minimum Gasteiger partial charge on any atom is -0.379 e. The Morgan fingerprint density at radius 1 is 0.724 bits per heavy atom. The van der Waals surface area contributed by atoms with Gasteiger partial charge in [0.15, 0.2) is 23.3 Å². The van der Waals surface area contributed by atoms with Gasteiger partial charge >= 0.3 is 0 Å². The quantitative estimate of drug-likeness (QED) is 0.280. The summed E-state index contributed by atoms with van der Waals surface area (Å²) in [5.41, 5.74) is 0.710. The van der Waals surface area contributed by atoms with Crippen molar-refractivity contribution >= 4 is 11.6 Å². The molecule has 29 heavy (non-hydrogen) atoms. The molecule has 1 aromatic rings. The van der Waals surface area contributed by atoms with E-state index in [1.54, 1.807) is 0 Å². The van der Waals surface area contributed by atoms with Crippen molar-refractivity contribution in [3.63, 3.8) is 0 Å². The minimum absolute atomic E-state index is 0.322. The van der Waals surface area contributed by atoms with Gasteiger partial charge in [-0.3, -0.25) is 15.6 Å². The molecule has 0 radical (unpaired) electrons. The highest BCUT2D eigenvalue weighted by molar-refractivity contribution is 5.86. The number of carbonyl (C=O) groups is 1. The number of halogens is 5. The van der Waals surface area contributed by atoms with Crippen LogP contribution in [0.3, 0.4) is 0 Å². The molecule has 0 heterocycles. The number of aliphatic hydroxyl groups is 1. The van der Waals surface area contributed by atoms with E-state index >= 15 is 0 Å². The first-order valence-electron chi connectivity index (χ1n) is 10.1. The Morgan fingerprint density at radius 3 is 1.52 bits per heavy atom. The number of anilines is 1. The van der Waals surface area contributed by atoms with Gasteiger partial charge in [0.2, 0.25) is 5.82 Å². The SMILES string of the molecule is O=C(NNc1c(F)c(F)c(F)c(F)c1F)C(O)(C1CCCCC1)C1CCCCC1. The maximum atomic E-state index is 13.9. The summed E-state index contributed by atoms with van der Waals surface area (Å²) in [4.78, 5) is 13.0. The van der Waals surface area contributed by atoms with Gasteiger partial charge in [-0.05, 0) is 37.5 Å². The molecule has 3 rings (SSSR count). The summed E-state index contributed by atoms with van der Waals surface area (Å²) in [6, 6.07) is 0. The van der Waals surface area contributed by atoms with Crippen molar-refractivity contribution in [1.82, 2.24) is 5.43 Å². The molecule has 0 aliphatic heterocycles. The molecule has 0 bridgehead atoms. The first-order chi connectivity index (χ1) is 13.8. The number of hydrogen-bond acceptors (Lipinski definition) is 3. The smallest absolute Gasteiger partial charge is 0.270 e. The lowest BCUT2D eigenvalue weighted by atomic mass is 9.66. The predicted octanol–water partition coefficient (Wildman–Crippen LogP) is 4.72. The molecule has 2 aliphatic carbocycles. The summed E-state index contributed by atoms with van der Waals surface area (Å²) in [6.45, 7) is 0. The van der Waals surface area contributed by atoms with Gasteiger partial charge in [0.1, 0.15) is 11.3 Å². The van der Waals surface area contributed by atoms with E-state index in [-0.39, 0.29) is 11.8 Å². The highest BCUT2D eigenvalue weighted by Crippen LogP contribution is 2.43.